The van der Waals surface area contributed by atoms with E-state index in [2.05, 4.69) is 72.0 Å². The van der Waals surface area contributed by atoms with E-state index in [0.717, 1.165) is 33.4 Å². The molecule has 3 fully saturated rings. The Morgan fingerprint density at radius 1 is 0.733 bits per heavy atom. The summed E-state index contributed by atoms with van der Waals surface area (Å²) in [5.41, 5.74) is 6.81. The van der Waals surface area contributed by atoms with Gasteiger partial charge in [-0.25, -0.2) is 29.2 Å². The Morgan fingerprint density at radius 3 is 1.97 bits per heavy atom. The third-order valence-electron chi connectivity index (χ3n) is 18.7. The zero-order valence-electron chi connectivity index (χ0n) is 59.2. The number of nitrogens with one attached hydrogen (secondary N) is 3. The summed E-state index contributed by atoms with van der Waals surface area (Å²) >= 11 is 0. The van der Waals surface area contributed by atoms with Gasteiger partial charge >= 0.3 is 20.3 Å². The minimum absolute atomic E-state index is 0.00382. The van der Waals surface area contributed by atoms with E-state index in [-0.39, 0.29) is 100 Å². The van der Waals surface area contributed by atoms with Gasteiger partial charge in [-0.1, -0.05) is 122 Å². The summed E-state index contributed by atoms with van der Waals surface area (Å²) < 4.78 is 74.6. The van der Waals surface area contributed by atoms with E-state index in [1.807, 2.05) is 131 Å². The predicted octanol–water partition coefficient (Wildman–Crippen LogP) is 12.4. The van der Waals surface area contributed by atoms with Gasteiger partial charge in [-0.15, -0.1) is 4.52 Å². The van der Waals surface area contributed by atoms with Gasteiger partial charge in [0.1, 0.15) is 74.0 Å². The van der Waals surface area contributed by atoms with E-state index in [9.17, 15) is 34.6 Å². The molecular weight excluding hydrogens is 1380 g/mol. The van der Waals surface area contributed by atoms with E-state index in [1.165, 1.54) is 17.6 Å². The summed E-state index contributed by atoms with van der Waals surface area (Å²) in [6.07, 6.45) is -3.94. The van der Waals surface area contributed by atoms with Crippen LogP contribution in [0.3, 0.4) is 0 Å². The van der Waals surface area contributed by atoms with Gasteiger partial charge in [0.25, 0.3) is 14.4 Å². The Bertz CT molecular complexity index is 4310. The van der Waals surface area contributed by atoms with Gasteiger partial charge < -0.3 is 48.1 Å². The number of benzene rings is 6. The Balaban J connectivity index is 0.792. The number of anilines is 1. The topological polar surface area (TPSA) is 324 Å². The van der Waals surface area contributed by atoms with Crippen molar-refractivity contribution in [2.24, 2.45) is 5.92 Å². The molecule has 0 bridgehead atoms. The highest BCUT2D eigenvalue weighted by molar-refractivity contribution is 7.55. The maximum absolute atomic E-state index is 14.0. The minimum atomic E-state index is -4.63. The van der Waals surface area contributed by atoms with Crippen molar-refractivity contribution in [1.82, 2.24) is 39.7 Å². The Kier molecular flexibility index (Phi) is 24.5. The Labute approximate surface area is 610 Å². The molecule has 0 spiro atoms. The van der Waals surface area contributed by atoms with E-state index < -0.39 is 95.6 Å². The van der Waals surface area contributed by atoms with Crippen LogP contribution in [0, 0.1) is 28.6 Å². The second kappa shape index (κ2) is 34.2. The SMILES string of the molecule is COc1ccc(C(OC[C@H]2O[C@@H](N3CC(C)C(=O)NC3=O)C[C@H]2O[P+](O)(OCCC#N)OC[C@H]2O[C@@H](n3cnc4c(NC(=O)c5ccc(CNC(=O)OCC6c7ccccc7-c7ccccc76)cc5)ncnc43)C[C@H]2OP(OCCC#N)N(C(C)C)C(C)C)(c2ccccc2)c2ccc(OC)cc2)cc1. The summed E-state index contributed by atoms with van der Waals surface area (Å²) in [5, 5.41) is 27.6. The highest BCUT2D eigenvalue weighted by atomic mass is 31.2. The number of hydrogen-bond acceptors (Lipinski definition) is 22. The standard InChI is InChI=1S/C76H83N11O16P2/c1-48(2)87(49(3)4)104(97-37-15-35-77)102-63-39-68(86-47-82-69-70(80-46-81-71(69)86)83-73(89)52-25-23-51(24-26-52)41-79-75(91)95-43-62-60-21-13-11-19-58(60)59-20-12-14-22-61(59)62)101-66(63)45-99-105(92,98-38-16-36-78)103-64-40-67(85-42-50(5)72(88)84-74(85)90)100-65(64)44-96-76(53-17-9-8-10-18-53,54-27-31-56(93-6)32-28-54)55-29-33-57(94-7)34-30-55/h8-14,17-34,46-50,62-68,92H,15-16,37-45H2,1-7H3,(H2-,79,80,81,83,84,88,89,90,91)/p+1/t50?,63-,64-,65-,66-,67-,68-,104?,105?/m1/s1. The second-order valence-electron chi connectivity index (χ2n) is 26.1. The fourth-order valence-corrected chi connectivity index (χ4v) is 16.7. The number of hydrogen-bond donors (Lipinski definition) is 4. The maximum Gasteiger partial charge on any atom is 0.573 e. The summed E-state index contributed by atoms with van der Waals surface area (Å²) in [6, 6.07) is 50.8. The number of alkyl carbamates (subject to hydrolysis) is 1. The number of carbonyl (C=O) groups is 4. The number of imide groups is 1. The van der Waals surface area contributed by atoms with Gasteiger partial charge in [0, 0.05) is 49.5 Å². The van der Waals surface area contributed by atoms with E-state index in [0.29, 0.717) is 28.2 Å². The Hall–Kier alpha value is -9.41. The monoisotopic (exact) mass is 1470 g/mol. The van der Waals surface area contributed by atoms with Crippen LogP contribution in [0.2, 0.25) is 0 Å². The zero-order valence-corrected chi connectivity index (χ0v) is 61.0. The highest BCUT2D eigenvalue weighted by Gasteiger charge is 2.56. The van der Waals surface area contributed by atoms with E-state index >= 15 is 0 Å². The van der Waals surface area contributed by atoms with Crippen LogP contribution in [0.25, 0.3) is 22.3 Å². The molecule has 0 radical (unpaired) electrons. The fourth-order valence-electron chi connectivity index (χ4n) is 13.6. The first kappa shape index (κ1) is 75.3. The first-order valence-electron chi connectivity index (χ1n) is 34.7. The van der Waals surface area contributed by atoms with Crippen LogP contribution in [0.1, 0.15) is 116 Å². The number of urea groups is 1. The van der Waals surface area contributed by atoms with Crippen LogP contribution in [0.4, 0.5) is 15.4 Å². The van der Waals surface area contributed by atoms with Gasteiger partial charge in [0.2, 0.25) is 5.91 Å². The molecule has 29 heteroatoms. The molecule has 4 aliphatic rings. The zero-order chi connectivity index (χ0) is 73.8. The molecule has 105 heavy (non-hydrogen) atoms. The van der Waals surface area contributed by atoms with E-state index in [1.54, 1.807) is 50.0 Å². The molecule has 1 aliphatic carbocycles. The van der Waals surface area contributed by atoms with Crippen molar-refractivity contribution in [3.05, 3.63) is 203 Å². The average Bonchev–Trinajstić information content (AvgIpc) is 0.824. The molecule has 3 aliphatic heterocycles. The lowest BCUT2D eigenvalue weighted by molar-refractivity contribution is -0.130. The molecule has 3 unspecified atom stereocenters. The fraction of sp³-hybridized carbons (Fsp3) is 0.382. The van der Waals surface area contributed by atoms with Gasteiger partial charge in [-0.3, -0.25) is 24.4 Å². The van der Waals surface area contributed by atoms with Crippen molar-refractivity contribution >= 4 is 57.6 Å². The number of amides is 5. The molecule has 9 atom stereocenters. The van der Waals surface area contributed by atoms with Crippen molar-refractivity contribution in [2.75, 3.05) is 59.1 Å². The molecular formula is C76H84N11O16P2+. The number of fused-ring (bicyclic) bond motifs is 4. The molecule has 5 amide bonds. The van der Waals surface area contributed by atoms with Crippen LogP contribution < -0.4 is 25.4 Å². The average molecular weight is 1470 g/mol. The van der Waals surface area contributed by atoms with Crippen LogP contribution in [0.15, 0.2) is 164 Å². The molecule has 5 heterocycles. The largest absolute Gasteiger partial charge is 0.573 e. The normalized spacial score (nSPS) is 20.3. The van der Waals surface area contributed by atoms with Crippen molar-refractivity contribution in [2.45, 2.75) is 127 Å². The summed E-state index contributed by atoms with van der Waals surface area (Å²) in [4.78, 5) is 81.7. The number of imidazole rings is 1. The van der Waals surface area contributed by atoms with Crippen molar-refractivity contribution in [1.29, 1.82) is 10.5 Å². The van der Waals surface area contributed by atoms with E-state index in [4.69, 9.17) is 51.0 Å². The minimum Gasteiger partial charge on any atom is -0.497 e. The Morgan fingerprint density at radius 2 is 1.33 bits per heavy atom. The summed E-state index contributed by atoms with van der Waals surface area (Å²) in [5.74, 6) is -0.317. The summed E-state index contributed by atoms with van der Waals surface area (Å²) in [6.45, 7) is 9.06. The van der Waals surface area contributed by atoms with Crippen LogP contribution in [-0.2, 0) is 58.5 Å². The molecule has 3 saturated heterocycles. The van der Waals surface area contributed by atoms with Crippen LogP contribution >= 0.6 is 16.7 Å². The third-order valence-corrected chi connectivity index (χ3v) is 22.4. The smallest absolute Gasteiger partial charge is 0.497 e. The van der Waals surface area contributed by atoms with Crippen LogP contribution in [-0.4, -0.2) is 154 Å². The van der Waals surface area contributed by atoms with Gasteiger partial charge in [-0.2, -0.15) is 24.5 Å². The lowest BCUT2D eigenvalue weighted by atomic mass is 9.80. The molecule has 4 N–H and O–H groups in total. The number of aromatic nitrogens is 4. The van der Waals surface area contributed by atoms with Crippen molar-refractivity contribution in [3.63, 3.8) is 0 Å². The molecule has 0 saturated carbocycles. The van der Waals surface area contributed by atoms with Gasteiger partial charge in [-0.05, 0) is 109 Å². The number of nitriles is 2. The van der Waals surface area contributed by atoms with Gasteiger partial charge in [0.05, 0.1) is 70.8 Å². The first-order valence-corrected chi connectivity index (χ1v) is 37.3. The lowest BCUT2D eigenvalue weighted by Crippen LogP contribution is -2.57. The van der Waals surface area contributed by atoms with Crippen molar-refractivity contribution in [3.8, 4) is 34.8 Å². The molecule has 8 aromatic rings. The summed E-state index contributed by atoms with van der Waals surface area (Å²) in [7, 11) is -3.38. The predicted molar refractivity (Wildman–Crippen MR) is 387 cm³/mol. The number of methoxy groups -OCH3 is 2. The molecule has 27 nitrogen and oxygen atoms in total. The molecule has 12 rings (SSSR count). The number of ether oxygens (including phenoxy) is 6. The van der Waals surface area contributed by atoms with Crippen LogP contribution in [0.5, 0.6) is 11.5 Å². The highest BCUT2D eigenvalue weighted by Crippen LogP contribution is 2.62. The molecule has 2 aromatic heterocycles. The number of rotatable bonds is 32. The van der Waals surface area contributed by atoms with Crippen molar-refractivity contribution < 1.29 is 75.1 Å². The lowest BCUT2D eigenvalue weighted by Gasteiger charge is -2.37. The molecule has 548 valence electrons. The maximum atomic E-state index is 14.0. The molecule has 6 aromatic carbocycles. The first-order chi connectivity index (χ1) is 50.9. The number of nitrogens with zero attached hydrogens (tertiary/aromatic N) is 8. The van der Waals surface area contributed by atoms with Gasteiger partial charge in [0.15, 0.2) is 17.0 Å². The second-order valence-corrected chi connectivity index (χ2v) is 29.2. The quantitative estimate of drug-likeness (QED) is 0.0173. The third kappa shape index (κ3) is 17.1. The number of carbonyl (C=O) groups excluding carboxylic acids is 4.